The van der Waals surface area contributed by atoms with Crippen LogP contribution in [-0.4, -0.2) is 68.1 Å². The third-order valence-electron chi connectivity index (χ3n) is 11.2. The van der Waals surface area contributed by atoms with E-state index in [-0.39, 0.29) is 17.4 Å². The minimum absolute atomic E-state index is 0.0320. The minimum atomic E-state index is -0.882. The summed E-state index contributed by atoms with van der Waals surface area (Å²) >= 11 is 0. The van der Waals surface area contributed by atoms with Gasteiger partial charge in [0.05, 0.1) is 23.3 Å². The minimum Gasteiger partial charge on any atom is -0.506 e. The van der Waals surface area contributed by atoms with Crippen LogP contribution in [-0.2, 0) is 19.5 Å². The maximum absolute atomic E-state index is 13.0. The first kappa shape index (κ1) is 34.7. The molecule has 2 atom stereocenters. The summed E-state index contributed by atoms with van der Waals surface area (Å²) < 4.78 is 2.27. The maximum Gasteiger partial charge on any atom is 0.412 e. The van der Waals surface area contributed by atoms with Gasteiger partial charge < -0.3 is 35.1 Å². The van der Waals surface area contributed by atoms with Crippen molar-refractivity contribution in [3.8, 4) is 16.9 Å². The average molecular weight is 712 g/mol. The molecule has 1 amide bonds. The third kappa shape index (κ3) is 7.18. The van der Waals surface area contributed by atoms with E-state index in [0.29, 0.717) is 35.5 Å². The van der Waals surface area contributed by atoms with Crippen molar-refractivity contribution in [1.82, 2.24) is 19.8 Å². The Kier molecular flexibility index (Phi) is 9.74. The molecule has 4 aromatic carbocycles. The van der Waals surface area contributed by atoms with Crippen molar-refractivity contribution in [2.24, 2.45) is 5.92 Å². The van der Waals surface area contributed by atoms with Crippen LogP contribution in [0.3, 0.4) is 0 Å². The number of amides is 1. The molecule has 3 aliphatic rings. The molecule has 0 saturated carbocycles. The number of H-pyrrole nitrogens is 1. The van der Waals surface area contributed by atoms with Crippen LogP contribution >= 0.6 is 0 Å². The van der Waals surface area contributed by atoms with Crippen molar-refractivity contribution < 1.29 is 20.1 Å². The van der Waals surface area contributed by atoms with E-state index in [1.54, 1.807) is 17.0 Å². The fourth-order valence-electron chi connectivity index (χ4n) is 8.46. The number of rotatable bonds is 12. The second-order valence-electron chi connectivity index (χ2n) is 14.5. The fourth-order valence-corrected chi connectivity index (χ4v) is 8.46. The molecule has 9 rings (SSSR count). The van der Waals surface area contributed by atoms with Gasteiger partial charge in [0, 0.05) is 54.9 Å². The first-order valence-corrected chi connectivity index (χ1v) is 18.6. The molecule has 0 aliphatic carbocycles. The molecule has 53 heavy (non-hydrogen) atoms. The number of hydrogen-bond acceptors (Lipinski definition) is 6. The second-order valence-corrected chi connectivity index (χ2v) is 14.5. The van der Waals surface area contributed by atoms with Gasteiger partial charge in [-0.1, -0.05) is 54.6 Å². The third-order valence-corrected chi connectivity index (χ3v) is 11.2. The number of phenolic OH excluding ortho intramolecular Hbond substituents is 1. The lowest BCUT2D eigenvalue weighted by Crippen LogP contribution is -2.59. The number of carboxylic acid groups (broad SMARTS) is 1. The van der Waals surface area contributed by atoms with Crippen molar-refractivity contribution in [1.29, 1.82) is 0 Å². The molecular formula is C43H45N5O5. The Morgan fingerprint density at radius 2 is 1.75 bits per heavy atom. The van der Waals surface area contributed by atoms with Crippen LogP contribution in [0.2, 0.25) is 0 Å². The van der Waals surface area contributed by atoms with Gasteiger partial charge in [-0.05, 0) is 109 Å². The maximum atomic E-state index is 13.0. The van der Waals surface area contributed by atoms with E-state index in [9.17, 15) is 24.9 Å². The molecule has 6 aromatic rings. The van der Waals surface area contributed by atoms with Crippen molar-refractivity contribution in [2.45, 2.75) is 50.9 Å². The summed E-state index contributed by atoms with van der Waals surface area (Å²) in [5.41, 5.74) is 6.78. The Balaban J connectivity index is 0.929. The van der Waals surface area contributed by atoms with E-state index in [2.05, 4.69) is 80.6 Å². The number of aromatic nitrogens is 2. The van der Waals surface area contributed by atoms with Crippen LogP contribution in [0.4, 0.5) is 10.5 Å². The first-order valence-electron chi connectivity index (χ1n) is 18.6. The number of pyridine rings is 1. The van der Waals surface area contributed by atoms with E-state index < -0.39 is 12.2 Å². The fraction of sp³-hybridized carbons (Fsp3) is 0.302. The monoisotopic (exact) mass is 711 g/mol. The topological polar surface area (TPSA) is 134 Å². The summed E-state index contributed by atoms with van der Waals surface area (Å²) in [7, 11) is 0. The lowest BCUT2D eigenvalue weighted by molar-refractivity contribution is 0.0837. The van der Waals surface area contributed by atoms with Crippen molar-refractivity contribution in [2.75, 3.05) is 31.1 Å². The van der Waals surface area contributed by atoms with Crippen LogP contribution in [0.1, 0.15) is 42.1 Å². The number of aromatic hydroxyl groups is 1. The molecule has 10 nitrogen and oxygen atoms in total. The number of phenols is 1. The molecule has 10 heteroatoms. The molecular weight excluding hydrogens is 667 g/mol. The number of piperidine rings is 3. The van der Waals surface area contributed by atoms with Crippen molar-refractivity contribution in [3.63, 3.8) is 0 Å². The molecule has 2 aromatic heterocycles. The smallest absolute Gasteiger partial charge is 0.412 e. The number of nitrogens with zero attached hydrogens (tertiary/aromatic N) is 3. The van der Waals surface area contributed by atoms with Crippen LogP contribution in [0, 0.1) is 5.92 Å². The van der Waals surface area contributed by atoms with Gasteiger partial charge >= 0.3 is 6.09 Å². The number of aryl methyl sites for hydroxylation is 2. The Morgan fingerprint density at radius 3 is 2.53 bits per heavy atom. The van der Waals surface area contributed by atoms with Crippen LogP contribution in [0.15, 0.2) is 108 Å². The molecule has 3 aliphatic heterocycles. The highest BCUT2D eigenvalue weighted by Gasteiger charge is 2.40. The van der Waals surface area contributed by atoms with Crippen molar-refractivity contribution >= 4 is 33.6 Å². The number of aliphatic hydroxyl groups excluding tert-OH is 1. The Hall–Kier alpha value is -5.42. The van der Waals surface area contributed by atoms with Crippen molar-refractivity contribution in [3.05, 3.63) is 130 Å². The molecule has 272 valence electrons. The number of fused-ring (bicyclic) bond motifs is 5. The highest BCUT2D eigenvalue weighted by molar-refractivity contribution is 5.94. The Labute approximate surface area is 307 Å². The van der Waals surface area contributed by atoms with Gasteiger partial charge in [0.2, 0.25) is 5.56 Å². The molecule has 3 fully saturated rings. The predicted octanol–water partition coefficient (Wildman–Crippen LogP) is 6.89. The summed E-state index contributed by atoms with van der Waals surface area (Å²) in [5.74, 6) is 0.351. The molecule has 2 bridgehead atoms. The number of aliphatic hydroxyl groups is 1. The number of aromatic amines is 1. The normalized spacial score (nSPS) is 18.8. The van der Waals surface area contributed by atoms with E-state index >= 15 is 0 Å². The van der Waals surface area contributed by atoms with Gasteiger partial charge in [0.25, 0.3) is 0 Å². The van der Waals surface area contributed by atoms with Gasteiger partial charge in [0.15, 0.2) is 0 Å². The summed E-state index contributed by atoms with van der Waals surface area (Å²) in [6.07, 6.45) is 4.23. The SMILES string of the molecule is O=C(O)N(c1cc(CCCn2ccc3cc(CNC[C@H](O)c4ccc(O)c5[nH]c(=O)ccc45)ccc32)ccc1-c1ccccc1)[C@H]1CN2CCC1CC2. The predicted molar refractivity (Wildman–Crippen MR) is 208 cm³/mol. The largest absolute Gasteiger partial charge is 0.506 e. The molecule has 5 N–H and O–H groups in total. The lowest BCUT2D eigenvalue weighted by atomic mass is 9.82. The van der Waals surface area contributed by atoms with E-state index in [4.69, 9.17) is 0 Å². The lowest BCUT2D eigenvalue weighted by Gasteiger charge is -2.48. The number of carbonyl (C=O) groups is 1. The molecule has 3 saturated heterocycles. The number of nitrogens with one attached hydrogen (secondary N) is 2. The van der Waals surface area contributed by atoms with Gasteiger partial charge in [-0.15, -0.1) is 0 Å². The average Bonchev–Trinajstić information content (AvgIpc) is 3.58. The highest BCUT2D eigenvalue weighted by atomic mass is 16.4. The quantitative estimate of drug-likeness (QED) is 0.0934. The standard InChI is InChI=1S/C43H45N5O5/c49-39-14-11-34(35-12-15-41(51)45-42(35)39)40(50)26-44-25-29-9-13-36-32(23-29)18-22-47(36)19-4-5-28-8-10-33(30-6-2-1-3-7-30)37(24-28)48(43(52)53)38-27-46-20-16-31(38)17-21-46/h1-3,6-15,18,22-24,31,38,40,44,49-50H,4-5,16-17,19-21,25-27H2,(H,45,51)(H,52,53)/t38-,40-/m0/s1. The zero-order valence-electron chi connectivity index (χ0n) is 29.6. The Morgan fingerprint density at radius 1 is 0.943 bits per heavy atom. The summed E-state index contributed by atoms with van der Waals surface area (Å²) in [6, 6.07) is 31.1. The summed E-state index contributed by atoms with van der Waals surface area (Å²) in [6.45, 7) is 4.60. The van der Waals surface area contributed by atoms with E-state index in [1.807, 2.05) is 18.2 Å². The van der Waals surface area contributed by atoms with Crippen LogP contribution in [0.25, 0.3) is 32.9 Å². The number of benzene rings is 4. The van der Waals surface area contributed by atoms with Gasteiger partial charge in [-0.2, -0.15) is 0 Å². The molecule has 0 spiro atoms. The van der Waals surface area contributed by atoms with E-state index in [1.165, 1.54) is 12.1 Å². The number of anilines is 1. The van der Waals surface area contributed by atoms with Gasteiger partial charge in [0.1, 0.15) is 5.75 Å². The zero-order chi connectivity index (χ0) is 36.5. The van der Waals surface area contributed by atoms with Gasteiger partial charge in [-0.25, -0.2) is 4.79 Å². The highest BCUT2D eigenvalue weighted by Crippen LogP contribution is 2.39. The second kappa shape index (κ2) is 14.9. The van der Waals surface area contributed by atoms with Crippen LogP contribution < -0.4 is 15.8 Å². The summed E-state index contributed by atoms with van der Waals surface area (Å²) in [4.78, 5) is 31.5. The van der Waals surface area contributed by atoms with Crippen LogP contribution in [0.5, 0.6) is 5.75 Å². The molecule has 0 radical (unpaired) electrons. The first-order chi connectivity index (χ1) is 25.8. The number of hydrogen-bond donors (Lipinski definition) is 5. The zero-order valence-corrected chi connectivity index (χ0v) is 29.6. The summed E-state index contributed by atoms with van der Waals surface area (Å²) in [5, 5.41) is 36.8. The molecule has 5 heterocycles. The Bertz CT molecular complexity index is 2310. The van der Waals surface area contributed by atoms with E-state index in [0.717, 1.165) is 90.7 Å². The molecule has 0 unspecified atom stereocenters. The van der Waals surface area contributed by atoms with Gasteiger partial charge in [-0.3, -0.25) is 9.69 Å².